The van der Waals surface area contributed by atoms with Crippen molar-refractivity contribution >= 4 is 0 Å². The molecule has 0 aliphatic carbocycles. The molecule has 0 bridgehead atoms. The predicted octanol–water partition coefficient (Wildman–Crippen LogP) is 4.27. The second-order valence-corrected chi connectivity index (χ2v) is 4.95. The molecule has 0 amide bonds. The van der Waals surface area contributed by atoms with E-state index in [1.54, 1.807) is 7.11 Å². The molecule has 3 unspecified atom stereocenters. The molecule has 16 heavy (non-hydrogen) atoms. The van der Waals surface area contributed by atoms with Gasteiger partial charge in [-0.2, -0.15) is 0 Å². The van der Waals surface area contributed by atoms with Crippen LogP contribution in [0.25, 0.3) is 0 Å². The summed E-state index contributed by atoms with van der Waals surface area (Å²) in [6.07, 6.45) is 6.40. The SMILES string of the molecule is CCC(C)CCCC(C)CC#CC(C)OC. The summed E-state index contributed by atoms with van der Waals surface area (Å²) in [5.41, 5.74) is 0. The number of hydrogen-bond donors (Lipinski definition) is 0. The molecule has 0 aliphatic rings. The summed E-state index contributed by atoms with van der Waals surface area (Å²) in [7, 11) is 1.70. The highest BCUT2D eigenvalue weighted by atomic mass is 16.5. The normalized spacial score (nSPS) is 16.1. The third-order valence-electron chi connectivity index (χ3n) is 3.20. The van der Waals surface area contributed by atoms with Crippen molar-refractivity contribution in [2.75, 3.05) is 7.11 Å². The molecule has 0 rings (SSSR count). The lowest BCUT2D eigenvalue weighted by Crippen LogP contribution is -2.00. The van der Waals surface area contributed by atoms with E-state index in [0.29, 0.717) is 0 Å². The first-order valence-corrected chi connectivity index (χ1v) is 6.61. The number of rotatable bonds is 7. The number of methoxy groups -OCH3 is 1. The van der Waals surface area contributed by atoms with Crippen molar-refractivity contribution < 1.29 is 4.74 Å². The van der Waals surface area contributed by atoms with Gasteiger partial charge in [-0.15, -0.1) is 5.92 Å². The van der Waals surface area contributed by atoms with E-state index in [2.05, 4.69) is 32.6 Å². The van der Waals surface area contributed by atoms with Crippen LogP contribution < -0.4 is 0 Å². The minimum absolute atomic E-state index is 0.0762. The molecule has 0 heterocycles. The van der Waals surface area contributed by atoms with Crippen LogP contribution in [-0.4, -0.2) is 13.2 Å². The molecule has 0 aromatic heterocycles. The molecule has 0 N–H and O–H groups in total. The van der Waals surface area contributed by atoms with E-state index in [1.165, 1.54) is 25.7 Å². The van der Waals surface area contributed by atoms with Gasteiger partial charge in [-0.05, 0) is 25.2 Å². The fraction of sp³-hybridized carbons (Fsp3) is 0.867. The lowest BCUT2D eigenvalue weighted by Gasteiger charge is -2.10. The van der Waals surface area contributed by atoms with Crippen LogP contribution in [0.1, 0.15) is 59.8 Å². The van der Waals surface area contributed by atoms with Crippen LogP contribution in [0.2, 0.25) is 0 Å². The minimum atomic E-state index is 0.0762. The van der Waals surface area contributed by atoms with Gasteiger partial charge in [-0.25, -0.2) is 0 Å². The third kappa shape index (κ3) is 8.80. The van der Waals surface area contributed by atoms with E-state index in [4.69, 9.17) is 4.74 Å². The van der Waals surface area contributed by atoms with Gasteiger partial charge < -0.3 is 4.74 Å². The monoisotopic (exact) mass is 224 g/mol. The number of hydrogen-bond acceptors (Lipinski definition) is 1. The second-order valence-electron chi connectivity index (χ2n) is 4.95. The van der Waals surface area contributed by atoms with Crippen molar-refractivity contribution in [1.29, 1.82) is 0 Å². The summed E-state index contributed by atoms with van der Waals surface area (Å²) < 4.78 is 5.09. The Morgan fingerprint density at radius 2 is 1.69 bits per heavy atom. The van der Waals surface area contributed by atoms with Gasteiger partial charge in [0.25, 0.3) is 0 Å². The predicted molar refractivity (Wildman–Crippen MR) is 71.3 cm³/mol. The van der Waals surface area contributed by atoms with E-state index in [1.807, 2.05) is 6.92 Å². The summed E-state index contributed by atoms with van der Waals surface area (Å²) in [6, 6.07) is 0. The first-order chi connectivity index (χ1) is 7.60. The summed E-state index contributed by atoms with van der Waals surface area (Å²) in [5.74, 6) is 7.92. The Hall–Kier alpha value is -0.480. The zero-order valence-corrected chi connectivity index (χ0v) is 11.7. The van der Waals surface area contributed by atoms with Gasteiger partial charge in [-0.1, -0.05) is 46.0 Å². The molecular formula is C15H28O. The van der Waals surface area contributed by atoms with Crippen molar-refractivity contribution in [2.45, 2.75) is 65.9 Å². The van der Waals surface area contributed by atoms with E-state index < -0.39 is 0 Å². The van der Waals surface area contributed by atoms with E-state index in [-0.39, 0.29) is 6.10 Å². The topological polar surface area (TPSA) is 9.23 Å². The van der Waals surface area contributed by atoms with E-state index in [0.717, 1.165) is 18.3 Å². The highest BCUT2D eigenvalue weighted by Crippen LogP contribution is 2.16. The average molecular weight is 224 g/mol. The van der Waals surface area contributed by atoms with Crippen LogP contribution in [0.15, 0.2) is 0 Å². The molecule has 0 saturated carbocycles. The Kier molecular flexibility index (Phi) is 9.43. The largest absolute Gasteiger partial charge is 0.369 e. The Bertz CT molecular complexity index is 211. The lowest BCUT2D eigenvalue weighted by atomic mass is 9.95. The van der Waals surface area contributed by atoms with Crippen molar-refractivity contribution in [2.24, 2.45) is 11.8 Å². The van der Waals surface area contributed by atoms with Gasteiger partial charge in [0.05, 0.1) is 0 Å². The van der Waals surface area contributed by atoms with Crippen LogP contribution in [-0.2, 0) is 4.74 Å². The van der Waals surface area contributed by atoms with Gasteiger partial charge >= 0.3 is 0 Å². The van der Waals surface area contributed by atoms with Crippen LogP contribution in [0.3, 0.4) is 0 Å². The quantitative estimate of drug-likeness (QED) is 0.587. The Balaban J connectivity index is 3.57. The average Bonchev–Trinajstić information content (AvgIpc) is 2.28. The Labute approximate surface area is 102 Å². The van der Waals surface area contributed by atoms with Gasteiger partial charge in [0.2, 0.25) is 0 Å². The van der Waals surface area contributed by atoms with E-state index >= 15 is 0 Å². The maximum absolute atomic E-state index is 5.09. The standard InChI is InChI=1S/C15H28O/c1-6-13(2)9-7-10-14(3)11-8-12-15(4)16-5/h13-15H,6-7,9-11H2,1-5H3. The molecule has 0 fully saturated rings. The fourth-order valence-corrected chi connectivity index (χ4v) is 1.56. The molecule has 0 aromatic rings. The lowest BCUT2D eigenvalue weighted by molar-refractivity contribution is 0.163. The first-order valence-electron chi connectivity index (χ1n) is 6.61. The molecular weight excluding hydrogens is 196 g/mol. The summed E-state index contributed by atoms with van der Waals surface area (Å²) in [5, 5.41) is 0. The van der Waals surface area contributed by atoms with Crippen molar-refractivity contribution in [3.8, 4) is 11.8 Å². The minimum Gasteiger partial charge on any atom is -0.369 e. The van der Waals surface area contributed by atoms with Crippen molar-refractivity contribution in [3.05, 3.63) is 0 Å². The molecule has 94 valence electrons. The highest BCUT2D eigenvalue weighted by Gasteiger charge is 2.03. The van der Waals surface area contributed by atoms with Crippen LogP contribution in [0.4, 0.5) is 0 Å². The summed E-state index contributed by atoms with van der Waals surface area (Å²) in [4.78, 5) is 0. The molecule has 1 nitrogen and oxygen atoms in total. The van der Waals surface area contributed by atoms with Crippen LogP contribution in [0.5, 0.6) is 0 Å². The van der Waals surface area contributed by atoms with Gasteiger partial charge in [0, 0.05) is 13.5 Å². The zero-order valence-electron chi connectivity index (χ0n) is 11.7. The zero-order chi connectivity index (χ0) is 12.4. The molecule has 0 aromatic carbocycles. The van der Waals surface area contributed by atoms with Crippen molar-refractivity contribution in [1.82, 2.24) is 0 Å². The second kappa shape index (κ2) is 9.73. The molecule has 0 aliphatic heterocycles. The van der Waals surface area contributed by atoms with Gasteiger partial charge in [0.1, 0.15) is 6.10 Å². The van der Waals surface area contributed by atoms with Crippen LogP contribution >= 0.6 is 0 Å². The number of ether oxygens (including phenoxy) is 1. The Morgan fingerprint density at radius 3 is 2.25 bits per heavy atom. The van der Waals surface area contributed by atoms with Gasteiger partial charge in [0.15, 0.2) is 0 Å². The highest BCUT2D eigenvalue weighted by molar-refractivity contribution is 5.04. The summed E-state index contributed by atoms with van der Waals surface area (Å²) >= 11 is 0. The first kappa shape index (κ1) is 15.5. The summed E-state index contributed by atoms with van der Waals surface area (Å²) in [6.45, 7) is 8.89. The van der Waals surface area contributed by atoms with Crippen molar-refractivity contribution in [3.63, 3.8) is 0 Å². The molecule has 3 atom stereocenters. The molecule has 0 saturated heterocycles. The van der Waals surface area contributed by atoms with Crippen LogP contribution in [0, 0.1) is 23.7 Å². The van der Waals surface area contributed by atoms with E-state index in [9.17, 15) is 0 Å². The third-order valence-corrected chi connectivity index (χ3v) is 3.20. The Morgan fingerprint density at radius 1 is 1.06 bits per heavy atom. The fourth-order valence-electron chi connectivity index (χ4n) is 1.56. The maximum Gasteiger partial charge on any atom is 0.115 e. The smallest absolute Gasteiger partial charge is 0.115 e. The molecule has 0 radical (unpaired) electrons. The maximum atomic E-state index is 5.09. The van der Waals surface area contributed by atoms with Gasteiger partial charge in [-0.3, -0.25) is 0 Å². The molecule has 1 heteroatoms. The molecule has 0 spiro atoms.